The highest BCUT2D eigenvalue weighted by atomic mass is 35.5. The van der Waals surface area contributed by atoms with Gasteiger partial charge in [0.05, 0.1) is 11.6 Å². The van der Waals surface area contributed by atoms with Crippen LogP contribution < -0.4 is 10.1 Å². The van der Waals surface area contributed by atoms with Gasteiger partial charge in [-0.05, 0) is 44.0 Å². The van der Waals surface area contributed by atoms with Gasteiger partial charge in [-0.1, -0.05) is 11.6 Å². The van der Waals surface area contributed by atoms with Crippen LogP contribution in [0.25, 0.3) is 0 Å². The van der Waals surface area contributed by atoms with E-state index >= 15 is 0 Å². The third-order valence-electron chi connectivity index (χ3n) is 2.77. The summed E-state index contributed by atoms with van der Waals surface area (Å²) in [5.41, 5.74) is 0.906. The van der Waals surface area contributed by atoms with Gasteiger partial charge in [0.15, 0.2) is 11.6 Å². The first kappa shape index (κ1) is 11.7. The molecular weight excluding hydrogens is 229 g/mol. The molecule has 1 heterocycles. The van der Waals surface area contributed by atoms with Crippen molar-refractivity contribution >= 4 is 11.6 Å². The molecule has 0 aliphatic carbocycles. The Hall–Kier alpha value is -0.800. The predicted octanol–water partition coefficient (Wildman–Crippen LogP) is 3.30. The Morgan fingerprint density at radius 1 is 1.56 bits per heavy atom. The molecule has 88 valence electrons. The van der Waals surface area contributed by atoms with Gasteiger partial charge >= 0.3 is 0 Å². The first-order valence-corrected chi connectivity index (χ1v) is 5.95. The highest BCUT2D eigenvalue weighted by Gasteiger charge is 2.19. The molecule has 0 saturated carbocycles. The second kappa shape index (κ2) is 5.02. The molecule has 16 heavy (non-hydrogen) atoms. The molecular formula is C12H15ClFNO. The number of ether oxygens (including phenoxy) is 1. The van der Waals surface area contributed by atoms with E-state index in [2.05, 4.69) is 5.32 Å². The molecule has 4 heteroatoms. The summed E-state index contributed by atoms with van der Waals surface area (Å²) >= 11 is 6.00. The fourth-order valence-electron chi connectivity index (χ4n) is 2.03. The van der Waals surface area contributed by atoms with Crippen LogP contribution in [0.15, 0.2) is 12.1 Å². The Bertz CT molecular complexity index is 354. The summed E-state index contributed by atoms with van der Waals surface area (Å²) < 4.78 is 18.9. The highest BCUT2D eigenvalue weighted by molar-refractivity contribution is 6.32. The smallest absolute Gasteiger partial charge is 0.173 e. The second-order valence-corrected chi connectivity index (χ2v) is 4.30. The Kier molecular flexibility index (Phi) is 3.66. The van der Waals surface area contributed by atoms with E-state index in [1.165, 1.54) is 6.07 Å². The van der Waals surface area contributed by atoms with Gasteiger partial charge in [0.2, 0.25) is 0 Å². The van der Waals surface area contributed by atoms with Gasteiger partial charge in [0, 0.05) is 6.04 Å². The summed E-state index contributed by atoms with van der Waals surface area (Å²) in [4.78, 5) is 0. The summed E-state index contributed by atoms with van der Waals surface area (Å²) in [7, 11) is 0. The summed E-state index contributed by atoms with van der Waals surface area (Å²) in [5, 5.41) is 3.67. The normalized spacial score (nSPS) is 20.1. The maximum atomic E-state index is 13.7. The molecule has 1 saturated heterocycles. The van der Waals surface area contributed by atoms with Crippen LogP contribution in [0.5, 0.6) is 5.75 Å². The number of halogens is 2. The van der Waals surface area contributed by atoms with Crippen LogP contribution in [0.3, 0.4) is 0 Å². The molecule has 0 amide bonds. The van der Waals surface area contributed by atoms with Crippen LogP contribution in [0.2, 0.25) is 5.02 Å². The molecule has 2 nitrogen and oxygen atoms in total. The average Bonchev–Trinajstić information content (AvgIpc) is 2.76. The lowest BCUT2D eigenvalue weighted by atomic mass is 10.1. The molecule has 1 aromatic rings. The van der Waals surface area contributed by atoms with Gasteiger partial charge in [-0.2, -0.15) is 0 Å². The second-order valence-electron chi connectivity index (χ2n) is 3.90. The van der Waals surface area contributed by atoms with E-state index in [0.29, 0.717) is 11.6 Å². The first-order valence-electron chi connectivity index (χ1n) is 5.57. The van der Waals surface area contributed by atoms with Crippen LogP contribution in [0.4, 0.5) is 4.39 Å². The van der Waals surface area contributed by atoms with Crippen LogP contribution in [0.1, 0.15) is 31.4 Å². The third-order valence-corrected chi connectivity index (χ3v) is 3.05. The molecule has 1 N–H and O–H groups in total. The summed E-state index contributed by atoms with van der Waals surface area (Å²) in [6, 6.07) is 3.53. The minimum Gasteiger partial charge on any atom is -0.489 e. The molecule has 0 spiro atoms. The Balaban J connectivity index is 2.28. The third kappa shape index (κ3) is 2.30. The van der Waals surface area contributed by atoms with Crippen molar-refractivity contribution in [2.24, 2.45) is 0 Å². The first-order chi connectivity index (χ1) is 7.72. The molecule has 1 atom stereocenters. The van der Waals surface area contributed by atoms with Crippen molar-refractivity contribution in [2.45, 2.75) is 25.8 Å². The van der Waals surface area contributed by atoms with Crippen molar-refractivity contribution in [3.05, 3.63) is 28.5 Å². The van der Waals surface area contributed by atoms with E-state index in [1.807, 2.05) is 6.92 Å². The van der Waals surface area contributed by atoms with E-state index in [0.717, 1.165) is 24.9 Å². The molecule has 0 aromatic heterocycles. The predicted molar refractivity (Wildman–Crippen MR) is 62.6 cm³/mol. The Morgan fingerprint density at radius 3 is 2.94 bits per heavy atom. The van der Waals surface area contributed by atoms with Gasteiger partial charge in [-0.25, -0.2) is 4.39 Å². The van der Waals surface area contributed by atoms with Gasteiger partial charge in [-0.3, -0.25) is 0 Å². The molecule has 2 rings (SSSR count). The van der Waals surface area contributed by atoms with Crippen molar-refractivity contribution < 1.29 is 9.13 Å². The fourth-order valence-corrected chi connectivity index (χ4v) is 2.30. The van der Waals surface area contributed by atoms with E-state index in [-0.39, 0.29) is 17.6 Å². The maximum Gasteiger partial charge on any atom is 0.173 e. The van der Waals surface area contributed by atoms with E-state index in [1.54, 1.807) is 6.07 Å². The molecule has 0 unspecified atom stereocenters. The minimum absolute atomic E-state index is 0.158. The van der Waals surface area contributed by atoms with Crippen molar-refractivity contribution in [3.63, 3.8) is 0 Å². The molecule has 0 radical (unpaired) electrons. The van der Waals surface area contributed by atoms with Gasteiger partial charge in [0.1, 0.15) is 0 Å². The largest absolute Gasteiger partial charge is 0.489 e. The van der Waals surface area contributed by atoms with E-state index in [9.17, 15) is 4.39 Å². The summed E-state index contributed by atoms with van der Waals surface area (Å²) in [6.07, 6.45) is 2.15. The lowest BCUT2D eigenvalue weighted by molar-refractivity contribution is 0.321. The van der Waals surface area contributed by atoms with Crippen molar-refractivity contribution in [2.75, 3.05) is 13.2 Å². The zero-order valence-corrected chi connectivity index (χ0v) is 9.98. The number of hydrogen-bond donors (Lipinski definition) is 1. The highest BCUT2D eigenvalue weighted by Crippen LogP contribution is 2.33. The monoisotopic (exact) mass is 243 g/mol. The maximum absolute atomic E-state index is 13.7. The number of hydrogen-bond acceptors (Lipinski definition) is 2. The SMILES string of the molecule is CCOc1c(F)cc([C@H]2CCCN2)cc1Cl. The van der Waals surface area contributed by atoms with Crippen LogP contribution in [-0.2, 0) is 0 Å². The molecule has 1 aliphatic rings. The molecule has 1 aliphatic heterocycles. The lowest BCUT2D eigenvalue weighted by Crippen LogP contribution is -2.13. The van der Waals surface area contributed by atoms with Crippen molar-refractivity contribution in [1.29, 1.82) is 0 Å². The summed E-state index contributed by atoms with van der Waals surface area (Å²) in [6.45, 7) is 3.21. The Morgan fingerprint density at radius 2 is 2.38 bits per heavy atom. The van der Waals surface area contributed by atoms with Crippen LogP contribution in [-0.4, -0.2) is 13.2 Å². The topological polar surface area (TPSA) is 21.3 Å². The van der Waals surface area contributed by atoms with Crippen molar-refractivity contribution in [3.8, 4) is 5.75 Å². The quantitative estimate of drug-likeness (QED) is 0.880. The number of rotatable bonds is 3. The van der Waals surface area contributed by atoms with Crippen LogP contribution >= 0.6 is 11.6 Å². The molecule has 0 bridgehead atoms. The zero-order chi connectivity index (χ0) is 11.5. The zero-order valence-electron chi connectivity index (χ0n) is 9.22. The number of benzene rings is 1. The number of nitrogens with one attached hydrogen (secondary N) is 1. The Labute approximate surface area is 99.7 Å². The molecule has 1 fully saturated rings. The van der Waals surface area contributed by atoms with Gasteiger partial charge < -0.3 is 10.1 Å². The van der Waals surface area contributed by atoms with E-state index < -0.39 is 0 Å². The van der Waals surface area contributed by atoms with Crippen LogP contribution in [0, 0.1) is 5.82 Å². The molecule has 1 aromatic carbocycles. The summed E-state index contributed by atoms with van der Waals surface area (Å²) in [5.74, 6) is -0.219. The van der Waals surface area contributed by atoms with Gasteiger partial charge in [-0.15, -0.1) is 0 Å². The van der Waals surface area contributed by atoms with Crippen molar-refractivity contribution in [1.82, 2.24) is 5.32 Å². The lowest BCUT2D eigenvalue weighted by Gasteiger charge is -2.14. The average molecular weight is 244 g/mol. The minimum atomic E-state index is -0.377. The fraction of sp³-hybridized carbons (Fsp3) is 0.500. The van der Waals surface area contributed by atoms with Gasteiger partial charge in [0.25, 0.3) is 0 Å². The van der Waals surface area contributed by atoms with E-state index in [4.69, 9.17) is 16.3 Å². The standard InChI is InChI=1S/C12H15ClFNO/c1-2-16-12-9(13)6-8(7-10(12)14)11-4-3-5-15-11/h6-7,11,15H,2-5H2,1H3/t11-/m1/s1.